The standard InChI is InChI=1S/C14H10FNO3S3/c15-10-3-1-9(2-4-10)14-16-7-13(21-14)12-6-5-11(20-12)8-19-22(17)18/h1-7,22H,8H2. The van der Waals surface area contributed by atoms with Crippen molar-refractivity contribution in [2.45, 2.75) is 6.61 Å². The largest absolute Gasteiger partial charge is 0.267 e. The Kier molecular flexibility index (Phi) is 4.63. The smallest absolute Gasteiger partial charge is 0.257 e. The van der Waals surface area contributed by atoms with Gasteiger partial charge in [0.25, 0.3) is 11.0 Å². The van der Waals surface area contributed by atoms with E-state index in [1.54, 1.807) is 18.3 Å². The molecular formula is C14H10FNO3S3. The highest BCUT2D eigenvalue weighted by Gasteiger charge is 2.09. The van der Waals surface area contributed by atoms with Crippen molar-refractivity contribution in [1.82, 2.24) is 4.98 Å². The van der Waals surface area contributed by atoms with Crippen LogP contribution in [0.1, 0.15) is 4.88 Å². The molecule has 0 spiro atoms. The SMILES string of the molecule is O=[SH](=O)OCc1ccc(-c2cnc(-c3ccc(F)cc3)s2)s1. The van der Waals surface area contributed by atoms with Gasteiger partial charge in [0.15, 0.2) is 0 Å². The van der Waals surface area contributed by atoms with Gasteiger partial charge in [-0.25, -0.2) is 17.8 Å². The molecule has 0 bridgehead atoms. The number of hydrogen-bond acceptors (Lipinski definition) is 6. The number of thiazole rings is 1. The molecule has 0 atom stereocenters. The minimum absolute atomic E-state index is 0.0486. The van der Waals surface area contributed by atoms with Crippen molar-refractivity contribution >= 4 is 33.7 Å². The highest BCUT2D eigenvalue weighted by Crippen LogP contribution is 2.36. The van der Waals surface area contributed by atoms with Gasteiger partial charge in [-0.3, -0.25) is 4.18 Å². The van der Waals surface area contributed by atoms with Gasteiger partial charge in [0, 0.05) is 21.5 Å². The van der Waals surface area contributed by atoms with E-state index >= 15 is 0 Å². The highest BCUT2D eigenvalue weighted by atomic mass is 32.2. The van der Waals surface area contributed by atoms with Gasteiger partial charge in [-0.1, -0.05) is 0 Å². The van der Waals surface area contributed by atoms with Crippen molar-refractivity contribution in [2.24, 2.45) is 0 Å². The molecule has 4 nitrogen and oxygen atoms in total. The molecule has 114 valence electrons. The third-order valence-corrected chi connectivity index (χ3v) is 5.45. The minimum atomic E-state index is -2.83. The summed E-state index contributed by atoms with van der Waals surface area (Å²) in [6, 6.07) is 9.92. The van der Waals surface area contributed by atoms with Crippen molar-refractivity contribution < 1.29 is 17.0 Å². The summed E-state index contributed by atoms with van der Waals surface area (Å²) >= 11 is 2.96. The Balaban J connectivity index is 1.80. The molecule has 2 aromatic heterocycles. The van der Waals surface area contributed by atoms with Gasteiger partial charge < -0.3 is 0 Å². The van der Waals surface area contributed by atoms with Gasteiger partial charge >= 0.3 is 0 Å². The number of nitrogens with zero attached hydrogens (tertiary/aromatic N) is 1. The number of hydrogen-bond donors (Lipinski definition) is 1. The highest BCUT2D eigenvalue weighted by molar-refractivity contribution is 7.67. The molecule has 0 amide bonds. The van der Waals surface area contributed by atoms with E-state index in [4.69, 9.17) is 0 Å². The summed E-state index contributed by atoms with van der Waals surface area (Å²) in [6.07, 6.45) is 1.76. The molecule has 2 heterocycles. The van der Waals surface area contributed by atoms with Crippen LogP contribution < -0.4 is 0 Å². The van der Waals surface area contributed by atoms with E-state index in [0.717, 1.165) is 25.2 Å². The zero-order valence-electron chi connectivity index (χ0n) is 11.1. The number of aromatic nitrogens is 1. The van der Waals surface area contributed by atoms with Gasteiger partial charge in [-0.05, 0) is 36.4 Å². The van der Waals surface area contributed by atoms with E-state index in [1.165, 1.54) is 34.8 Å². The number of halogens is 1. The molecule has 0 aliphatic carbocycles. The summed E-state index contributed by atoms with van der Waals surface area (Å²) in [5.74, 6) is -0.278. The van der Waals surface area contributed by atoms with Crippen LogP contribution in [-0.4, -0.2) is 13.4 Å². The predicted molar refractivity (Wildman–Crippen MR) is 85.9 cm³/mol. The topological polar surface area (TPSA) is 56.3 Å². The fraction of sp³-hybridized carbons (Fsp3) is 0.0714. The van der Waals surface area contributed by atoms with E-state index in [9.17, 15) is 12.8 Å². The van der Waals surface area contributed by atoms with Crippen LogP contribution in [0.4, 0.5) is 4.39 Å². The van der Waals surface area contributed by atoms with Crippen LogP contribution in [-0.2, 0) is 21.8 Å². The molecule has 0 radical (unpaired) electrons. The molecule has 0 saturated carbocycles. The Bertz CT molecular complexity index is 844. The van der Waals surface area contributed by atoms with Crippen molar-refractivity contribution in [3.8, 4) is 20.3 Å². The number of benzene rings is 1. The van der Waals surface area contributed by atoms with Crippen LogP contribution in [0.3, 0.4) is 0 Å². The first-order valence-corrected chi connectivity index (χ1v) is 8.93. The Labute approximate surface area is 136 Å². The molecule has 3 rings (SSSR count). The summed E-state index contributed by atoms with van der Waals surface area (Å²) in [5.41, 5.74) is 0.862. The average Bonchev–Trinajstić information content (AvgIpc) is 3.15. The van der Waals surface area contributed by atoms with E-state index < -0.39 is 11.0 Å². The third-order valence-electron chi connectivity index (χ3n) is 2.81. The van der Waals surface area contributed by atoms with Crippen LogP contribution in [0.25, 0.3) is 20.3 Å². The molecule has 0 unspecified atom stereocenters. The summed E-state index contributed by atoms with van der Waals surface area (Å²) in [5, 5.41) is 0.809. The molecule has 0 N–H and O–H groups in total. The summed E-state index contributed by atoms with van der Waals surface area (Å²) < 4.78 is 38.4. The summed E-state index contributed by atoms with van der Waals surface area (Å²) in [4.78, 5) is 7.14. The van der Waals surface area contributed by atoms with Crippen LogP contribution in [0.5, 0.6) is 0 Å². The zero-order valence-corrected chi connectivity index (χ0v) is 13.6. The minimum Gasteiger partial charge on any atom is -0.267 e. The first-order valence-electron chi connectivity index (χ1n) is 6.20. The van der Waals surface area contributed by atoms with Crippen LogP contribution in [0.15, 0.2) is 42.6 Å². The molecule has 0 fully saturated rings. The Morgan fingerprint density at radius 3 is 2.55 bits per heavy atom. The lowest BCUT2D eigenvalue weighted by molar-refractivity contribution is 0.326. The second kappa shape index (κ2) is 6.66. The van der Waals surface area contributed by atoms with Gasteiger partial charge in [0.1, 0.15) is 17.4 Å². The van der Waals surface area contributed by atoms with Crippen LogP contribution in [0.2, 0.25) is 0 Å². The third kappa shape index (κ3) is 3.58. The van der Waals surface area contributed by atoms with Crippen molar-refractivity contribution in [3.63, 3.8) is 0 Å². The second-order valence-corrected chi connectivity index (χ2v) is 7.20. The fourth-order valence-corrected chi connectivity index (χ4v) is 4.07. The van der Waals surface area contributed by atoms with E-state index in [2.05, 4.69) is 9.17 Å². The normalized spacial score (nSPS) is 11.2. The predicted octanol–water partition coefficient (Wildman–Crippen LogP) is 3.72. The molecule has 1 aromatic carbocycles. The van der Waals surface area contributed by atoms with Gasteiger partial charge in [0.05, 0.1) is 4.88 Å². The molecule has 0 aliphatic heterocycles. The van der Waals surface area contributed by atoms with E-state index in [0.29, 0.717) is 0 Å². The molecular weight excluding hydrogens is 345 g/mol. The maximum atomic E-state index is 12.9. The molecule has 0 aliphatic rings. The van der Waals surface area contributed by atoms with Crippen molar-refractivity contribution in [1.29, 1.82) is 0 Å². The average molecular weight is 355 g/mol. The Hall–Kier alpha value is -1.61. The number of thiophene rings is 1. The molecule has 22 heavy (non-hydrogen) atoms. The fourth-order valence-electron chi connectivity index (χ4n) is 1.82. The maximum Gasteiger partial charge on any atom is 0.257 e. The molecule has 8 heteroatoms. The first-order chi connectivity index (χ1) is 10.6. The Morgan fingerprint density at radius 2 is 1.82 bits per heavy atom. The van der Waals surface area contributed by atoms with E-state index in [-0.39, 0.29) is 12.4 Å². The lowest BCUT2D eigenvalue weighted by Crippen LogP contribution is -1.86. The lowest BCUT2D eigenvalue weighted by atomic mass is 10.2. The monoisotopic (exact) mass is 355 g/mol. The van der Waals surface area contributed by atoms with Gasteiger partial charge in [-0.2, -0.15) is 0 Å². The number of thiol groups is 1. The molecule has 3 aromatic rings. The maximum absolute atomic E-state index is 12.9. The zero-order chi connectivity index (χ0) is 15.5. The van der Waals surface area contributed by atoms with Gasteiger partial charge in [-0.15, -0.1) is 22.7 Å². The summed E-state index contributed by atoms with van der Waals surface area (Å²) in [6.45, 7) is 0.0486. The van der Waals surface area contributed by atoms with Gasteiger partial charge in [0.2, 0.25) is 0 Å². The summed E-state index contributed by atoms with van der Waals surface area (Å²) in [7, 11) is -2.83. The first kappa shape index (κ1) is 15.3. The van der Waals surface area contributed by atoms with Crippen molar-refractivity contribution in [2.75, 3.05) is 0 Å². The van der Waals surface area contributed by atoms with Crippen molar-refractivity contribution in [3.05, 3.63) is 53.3 Å². The second-order valence-electron chi connectivity index (χ2n) is 4.30. The lowest BCUT2D eigenvalue weighted by Gasteiger charge is -1.94. The van der Waals surface area contributed by atoms with Crippen LogP contribution in [0, 0.1) is 5.82 Å². The van der Waals surface area contributed by atoms with E-state index in [1.807, 2.05) is 12.1 Å². The quantitative estimate of drug-likeness (QED) is 0.709. The molecule has 0 saturated heterocycles. The Morgan fingerprint density at radius 1 is 1.05 bits per heavy atom. The van der Waals surface area contributed by atoms with Crippen LogP contribution >= 0.6 is 22.7 Å². The number of rotatable bonds is 5.